The monoisotopic (exact) mass is 309 g/mol. The van der Waals surface area contributed by atoms with E-state index in [1.807, 2.05) is 19.9 Å². The summed E-state index contributed by atoms with van der Waals surface area (Å²) in [5, 5.41) is 3.60. The molecule has 0 bridgehead atoms. The number of nitrogens with one attached hydrogen (secondary N) is 2. The van der Waals surface area contributed by atoms with Gasteiger partial charge in [-0.15, -0.1) is 11.3 Å². The van der Waals surface area contributed by atoms with Gasteiger partial charge in [0.2, 0.25) is 0 Å². The first-order chi connectivity index (χ1) is 9.45. The van der Waals surface area contributed by atoms with Gasteiger partial charge in [0.15, 0.2) is 5.13 Å². The second-order valence-electron chi connectivity index (χ2n) is 4.76. The number of benzene rings is 1. The first-order valence-electron chi connectivity index (χ1n) is 6.29. The summed E-state index contributed by atoms with van der Waals surface area (Å²) in [6.07, 6.45) is 0.938. The van der Waals surface area contributed by atoms with Crippen molar-refractivity contribution in [3.63, 3.8) is 0 Å². The molecule has 0 amide bonds. The van der Waals surface area contributed by atoms with Gasteiger partial charge in [-0.1, -0.05) is 6.07 Å². The predicted octanol–water partition coefficient (Wildman–Crippen LogP) is 2.53. The van der Waals surface area contributed by atoms with Gasteiger partial charge in [-0.25, -0.2) is 13.4 Å². The summed E-state index contributed by atoms with van der Waals surface area (Å²) >= 11 is 1.34. The van der Waals surface area contributed by atoms with Crippen molar-refractivity contribution in [3.05, 3.63) is 34.3 Å². The highest BCUT2D eigenvalue weighted by atomic mass is 32.2. The van der Waals surface area contributed by atoms with Crippen LogP contribution in [0.5, 0.6) is 0 Å². The highest BCUT2D eigenvalue weighted by Crippen LogP contribution is 2.28. The number of hydrogen-bond acceptors (Lipinski definition) is 5. The van der Waals surface area contributed by atoms with Crippen molar-refractivity contribution >= 4 is 32.2 Å². The number of aromatic nitrogens is 1. The Morgan fingerprint density at radius 3 is 2.85 bits per heavy atom. The summed E-state index contributed by atoms with van der Waals surface area (Å²) in [5.74, 6) is 0. The number of rotatable bonds is 3. The highest BCUT2D eigenvalue weighted by Gasteiger charge is 2.19. The van der Waals surface area contributed by atoms with E-state index in [-0.39, 0.29) is 4.90 Å². The minimum absolute atomic E-state index is 0.260. The largest absolute Gasteiger partial charge is 0.384 e. The molecule has 7 heteroatoms. The molecule has 1 aliphatic rings. The molecule has 1 aromatic heterocycles. The molecule has 0 spiro atoms. The molecular formula is C13H15N3O2S2. The van der Waals surface area contributed by atoms with Gasteiger partial charge in [0.05, 0.1) is 10.6 Å². The van der Waals surface area contributed by atoms with Crippen LogP contribution in [-0.2, 0) is 16.4 Å². The molecule has 0 aliphatic carbocycles. The Hall–Kier alpha value is -1.60. The van der Waals surface area contributed by atoms with Crippen LogP contribution >= 0.6 is 11.3 Å². The van der Waals surface area contributed by atoms with Crippen molar-refractivity contribution in [2.45, 2.75) is 25.2 Å². The smallest absolute Gasteiger partial charge is 0.263 e. The fraction of sp³-hybridized carbons (Fsp3) is 0.308. The zero-order chi connectivity index (χ0) is 14.3. The summed E-state index contributed by atoms with van der Waals surface area (Å²) in [6, 6.07) is 5.18. The second-order valence-corrected chi connectivity index (χ2v) is 7.65. The van der Waals surface area contributed by atoms with E-state index in [2.05, 4.69) is 15.0 Å². The summed E-state index contributed by atoms with van der Waals surface area (Å²) in [5.41, 5.74) is 2.91. The molecule has 106 valence electrons. The molecule has 0 fully saturated rings. The molecule has 2 N–H and O–H groups in total. The third-order valence-corrected chi connectivity index (χ3v) is 5.81. The highest BCUT2D eigenvalue weighted by molar-refractivity contribution is 7.93. The van der Waals surface area contributed by atoms with E-state index >= 15 is 0 Å². The van der Waals surface area contributed by atoms with Crippen LogP contribution in [0.4, 0.5) is 10.8 Å². The molecule has 0 saturated heterocycles. The third-order valence-electron chi connectivity index (χ3n) is 3.35. The maximum atomic E-state index is 12.3. The Labute approximate surface area is 122 Å². The molecular weight excluding hydrogens is 294 g/mol. The lowest BCUT2D eigenvalue weighted by atomic mass is 10.2. The molecule has 3 rings (SSSR count). The van der Waals surface area contributed by atoms with Gasteiger partial charge in [0, 0.05) is 17.1 Å². The van der Waals surface area contributed by atoms with E-state index in [4.69, 9.17) is 0 Å². The van der Waals surface area contributed by atoms with Gasteiger partial charge in [-0.05, 0) is 38.0 Å². The average Bonchev–Trinajstić information content (AvgIpc) is 2.95. The van der Waals surface area contributed by atoms with E-state index in [0.717, 1.165) is 34.8 Å². The number of fused-ring (bicyclic) bond motifs is 1. The molecule has 0 atom stereocenters. The first kappa shape index (κ1) is 13.4. The fourth-order valence-electron chi connectivity index (χ4n) is 2.13. The van der Waals surface area contributed by atoms with Crippen LogP contribution in [0.2, 0.25) is 0 Å². The Morgan fingerprint density at radius 2 is 2.15 bits per heavy atom. The number of thiazole rings is 1. The standard InChI is InChI=1S/C13H15N3O2S2/c1-8-9(2)19-13(15-8)16-20(17,18)11-4-3-10-5-6-14-12(10)7-11/h3-4,7,14H,5-6H2,1-2H3,(H,15,16). The second kappa shape index (κ2) is 4.75. The van der Waals surface area contributed by atoms with Crippen molar-refractivity contribution in [1.82, 2.24) is 4.98 Å². The minimum Gasteiger partial charge on any atom is -0.384 e. The lowest BCUT2D eigenvalue weighted by Crippen LogP contribution is -2.13. The van der Waals surface area contributed by atoms with Gasteiger partial charge in [-0.2, -0.15) is 0 Å². The SMILES string of the molecule is Cc1nc(NS(=O)(=O)c2ccc3c(c2)NCC3)sc1C. The van der Waals surface area contributed by atoms with Crippen molar-refractivity contribution < 1.29 is 8.42 Å². The van der Waals surface area contributed by atoms with Gasteiger partial charge in [0.1, 0.15) is 0 Å². The van der Waals surface area contributed by atoms with Gasteiger partial charge in [-0.3, -0.25) is 4.72 Å². The molecule has 0 radical (unpaired) electrons. The molecule has 1 aromatic carbocycles. The molecule has 2 aromatic rings. The lowest BCUT2D eigenvalue weighted by molar-refractivity contribution is 0.601. The van der Waals surface area contributed by atoms with E-state index in [1.165, 1.54) is 11.3 Å². The topological polar surface area (TPSA) is 71.1 Å². The van der Waals surface area contributed by atoms with Crippen LogP contribution < -0.4 is 10.0 Å². The zero-order valence-corrected chi connectivity index (χ0v) is 12.9. The number of aryl methyl sites for hydroxylation is 2. The number of hydrogen-bond donors (Lipinski definition) is 2. The summed E-state index contributed by atoms with van der Waals surface area (Å²) in [7, 11) is -3.58. The van der Waals surface area contributed by atoms with E-state index in [1.54, 1.807) is 12.1 Å². The summed E-state index contributed by atoms with van der Waals surface area (Å²) in [4.78, 5) is 5.48. The van der Waals surface area contributed by atoms with Crippen LogP contribution in [0.15, 0.2) is 23.1 Å². The maximum absolute atomic E-state index is 12.3. The van der Waals surface area contributed by atoms with E-state index in [9.17, 15) is 8.42 Å². The predicted molar refractivity (Wildman–Crippen MR) is 81.0 cm³/mol. The maximum Gasteiger partial charge on any atom is 0.263 e. The molecule has 20 heavy (non-hydrogen) atoms. The summed E-state index contributed by atoms with van der Waals surface area (Å²) in [6.45, 7) is 4.64. The first-order valence-corrected chi connectivity index (χ1v) is 8.59. The number of sulfonamides is 1. The average molecular weight is 309 g/mol. The Bertz CT molecular complexity index is 746. The Balaban J connectivity index is 1.92. The van der Waals surface area contributed by atoms with Gasteiger partial charge in [0.25, 0.3) is 10.0 Å². The quantitative estimate of drug-likeness (QED) is 0.914. The van der Waals surface area contributed by atoms with Crippen molar-refractivity contribution in [2.75, 3.05) is 16.6 Å². The zero-order valence-electron chi connectivity index (χ0n) is 11.2. The van der Waals surface area contributed by atoms with Gasteiger partial charge >= 0.3 is 0 Å². The molecule has 1 aliphatic heterocycles. The summed E-state index contributed by atoms with van der Waals surface area (Å²) < 4.78 is 27.2. The van der Waals surface area contributed by atoms with E-state index in [0.29, 0.717) is 5.13 Å². The fourth-order valence-corrected chi connectivity index (χ4v) is 4.20. The molecule has 5 nitrogen and oxygen atoms in total. The van der Waals surface area contributed by atoms with Crippen molar-refractivity contribution in [3.8, 4) is 0 Å². The van der Waals surface area contributed by atoms with Gasteiger partial charge < -0.3 is 5.32 Å². The molecule has 0 saturated carbocycles. The van der Waals surface area contributed by atoms with Crippen molar-refractivity contribution in [1.29, 1.82) is 0 Å². The lowest BCUT2D eigenvalue weighted by Gasteiger charge is -2.07. The minimum atomic E-state index is -3.58. The normalized spacial score (nSPS) is 13.9. The van der Waals surface area contributed by atoms with Crippen LogP contribution in [0.3, 0.4) is 0 Å². The van der Waals surface area contributed by atoms with Crippen LogP contribution in [0.25, 0.3) is 0 Å². The molecule has 2 heterocycles. The van der Waals surface area contributed by atoms with E-state index < -0.39 is 10.0 Å². The number of anilines is 2. The number of nitrogens with zero attached hydrogens (tertiary/aromatic N) is 1. The Morgan fingerprint density at radius 1 is 1.35 bits per heavy atom. The third kappa shape index (κ3) is 2.38. The molecule has 0 unspecified atom stereocenters. The van der Waals surface area contributed by atoms with Crippen molar-refractivity contribution in [2.24, 2.45) is 0 Å². The van der Waals surface area contributed by atoms with Crippen LogP contribution in [0, 0.1) is 13.8 Å². The van der Waals surface area contributed by atoms with Crippen LogP contribution in [0.1, 0.15) is 16.1 Å². The van der Waals surface area contributed by atoms with Crippen LogP contribution in [-0.4, -0.2) is 19.9 Å². The Kier molecular flexibility index (Phi) is 3.18.